The molecule has 1 aliphatic heterocycles. The molecule has 1 rings (SSSR count). The summed E-state index contributed by atoms with van der Waals surface area (Å²) >= 11 is 0. The van der Waals surface area contributed by atoms with Crippen LogP contribution in [0.4, 0.5) is 0 Å². The Hall–Kier alpha value is -1.32. The van der Waals surface area contributed by atoms with Gasteiger partial charge in [-0.2, -0.15) is 0 Å². The van der Waals surface area contributed by atoms with Crippen molar-refractivity contribution in [1.82, 2.24) is 4.90 Å². The lowest BCUT2D eigenvalue weighted by Crippen LogP contribution is -2.38. The van der Waals surface area contributed by atoms with Gasteiger partial charge in [-0.15, -0.1) is 0 Å². The largest absolute Gasteiger partial charge is 0.463 e. The molecule has 0 unspecified atom stereocenters. The van der Waals surface area contributed by atoms with Crippen molar-refractivity contribution in [3.8, 4) is 0 Å². The summed E-state index contributed by atoms with van der Waals surface area (Å²) in [6.07, 6.45) is 3.30. The Morgan fingerprint density at radius 1 is 1.75 bits per heavy atom. The standard InChI is InChI=1S/C8H11NO3/c1-2-12-8(11)4-6-9-5-3-7(9)10/h4,6H,2-3,5H2,1H3. The van der Waals surface area contributed by atoms with Gasteiger partial charge < -0.3 is 9.64 Å². The van der Waals surface area contributed by atoms with E-state index in [-0.39, 0.29) is 5.91 Å². The van der Waals surface area contributed by atoms with E-state index in [2.05, 4.69) is 4.74 Å². The van der Waals surface area contributed by atoms with Crippen LogP contribution in [0.3, 0.4) is 0 Å². The number of ether oxygens (including phenoxy) is 1. The summed E-state index contributed by atoms with van der Waals surface area (Å²) < 4.78 is 4.63. The highest BCUT2D eigenvalue weighted by Crippen LogP contribution is 2.07. The summed E-state index contributed by atoms with van der Waals surface area (Å²) in [4.78, 5) is 23.0. The smallest absolute Gasteiger partial charge is 0.332 e. The van der Waals surface area contributed by atoms with Gasteiger partial charge in [0.15, 0.2) is 0 Å². The van der Waals surface area contributed by atoms with E-state index < -0.39 is 5.97 Å². The van der Waals surface area contributed by atoms with Crippen molar-refractivity contribution in [1.29, 1.82) is 0 Å². The third-order valence-electron chi connectivity index (χ3n) is 1.56. The van der Waals surface area contributed by atoms with Gasteiger partial charge in [-0.1, -0.05) is 0 Å². The molecular weight excluding hydrogens is 158 g/mol. The third-order valence-corrected chi connectivity index (χ3v) is 1.56. The van der Waals surface area contributed by atoms with Gasteiger partial charge in [0, 0.05) is 25.2 Å². The minimum atomic E-state index is -0.405. The molecule has 0 aromatic carbocycles. The molecule has 0 aliphatic carbocycles. The molecule has 0 bridgehead atoms. The van der Waals surface area contributed by atoms with E-state index >= 15 is 0 Å². The number of β-lactam (4-membered cyclic amide) rings is 1. The monoisotopic (exact) mass is 169 g/mol. The molecule has 12 heavy (non-hydrogen) atoms. The van der Waals surface area contributed by atoms with E-state index in [1.807, 2.05) is 0 Å². The molecule has 4 heteroatoms. The maximum atomic E-state index is 10.7. The van der Waals surface area contributed by atoms with E-state index in [9.17, 15) is 9.59 Å². The van der Waals surface area contributed by atoms with Gasteiger partial charge >= 0.3 is 5.97 Å². The van der Waals surface area contributed by atoms with Crippen molar-refractivity contribution in [3.63, 3.8) is 0 Å². The van der Waals surface area contributed by atoms with E-state index in [4.69, 9.17) is 0 Å². The molecule has 0 N–H and O–H groups in total. The normalized spacial score (nSPS) is 16.4. The molecule has 1 amide bonds. The van der Waals surface area contributed by atoms with Crippen LogP contribution in [0.5, 0.6) is 0 Å². The lowest BCUT2D eigenvalue weighted by molar-refractivity contribution is -0.137. The molecule has 66 valence electrons. The molecule has 0 spiro atoms. The van der Waals surface area contributed by atoms with Gasteiger partial charge in [0.2, 0.25) is 5.91 Å². The molecule has 0 aromatic heterocycles. The van der Waals surface area contributed by atoms with Gasteiger partial charge in [-0.3, -0.25) is 4.79 Å². The lowest BCUT2D eigenvalue weighted by atomic mass is 10.2. The summed E-state index contributed by atoms with van der Waals surface area (Å²) in [7, 11) is 0. The Bertz CT molecular complexity index is 222. The van der Waals surface area contributed by atoms with Crippen LogP contribution >= 0.6 is 0 Å². The molecule has 0 radical (unpaired) electrons. The Morgan fingerprint density at radius 3 is 2.92 bits per heavy atom. The molecule has 4 nitrogen and oxygen atoms in total. The minimum absolute atomic E-state index is 0.0514. The van der Waals surface area contributed by atoms with Gasteiger partial charge in [0.05, 0.1) is 6.61 Å². The maximum absolute atomic E-state index is 10.7. The quantitative estimate of drug-likeness (QED) is 0.346. The van der Waals surface area contributed by atoms with Crippen LogP contribution in [0.15, 0.2) is 12.3 Å². The zero-order chi connectivity index (χ0) is 8.97. The van der Waals surface area contributed by atoms with Crippen LogP contribution in [0, 0.1) is 0 Å². The molecule has 1 fully saturated rings. The average molecular weight is 169 g/mol. The van der Waals surface area contributed by atoms with Crippen LogP contribution in [0.25, 0.3) is 0 Å². The van der Waals surface area contributed by atoms with Crippen molar-refractivity contribution in [2.45, 2.75) is 13.3 Å². The fraction of sp³-hybridized carbons (Fsp3) is 0.500. The van der Waals surface area contributed by atoms with E-state index in [1.54, 1.807) is 6.92 Å². The van der Waals surface area contributed by atoms with Crippen LogP contribution in [0.2, 0.25) is 0 Å². The zero-order valence-corrected chi connectivity index (χ0v) is 6.95. The van der Waals surface area contributed by atoms with E-state index in [0.717, 1.165) is 0 Å². The molecule has 0 atom stereocenters. The second-order valence-electron chi connectivity index (χ2n) is 2.40. The Labute approximate surface area is 70.8 Å². The molecule has 1 saturated heterocycles. The number of hydrogen-bond donors (Lipinski definition) is 0. The summed E-state index contributed by atoms with van der Waals surface area (Å²) in [5, 5.41) is 0. The second-order valence-corrected chi connectivity index (χ2v) is 2.40. The number of esters is 1. The number of likely N-dealkylation sites (tertiary alicyclic amines) is 1. The van der Waals surface area contributed by atoms with Crippen molar-refractivity contribution < 1.29 is 14.3 Å². The highest BCUT2D eigenvalue weighted by molar-refractivity contribution is 5.86. The highest BCUT2D eigenvalue weighted by atomic mass is 16.5. The zero-order valence-electron chi connectivity index (χ0n) is 6.95. The summed E-state index contributed by atoms with van der Waals surface area (Å²) in [6.45, 7) is 2.80. The van der Waals surface area contributed by atoms with Crippen molar-refractivity contribution in [2.75, 3.05) is 13.2 Å². The Balaban J connectivity index is 2.29. The van der Waals surface area contributed by atoms with Gasteiger partial charge in [-0.05, 0) is 6.92 Å². The van der Waals surface area contributed by atoms with Crippen LogP contribution in [0.1, 0.15) is 13.3 Å². The van der Waals surface area contributed by atoms with Crippen molar-refractivity contribution >= 4 is 11.9 Å². The average Bonchev–Trinajstić information content (AvgIpc) is 2.03. The fourth-order valence-electron chi connectivity index (χ4n) is 0.831. The predicted molar refractivity (Wildman–Crippen MR) is 42.1 cm³/mol. The number of amides is 1. The topological polar surface area (TPSA) is 46.6 Å². The van der Waals surface area contributed by atoms with Crippen molar-refractivity contribution in [3.05, 3.63) is 12.3 Å². The highest BCUT2D eigenvalue weighted by Gasteiger charge is 2.20. The first-order chi connectivity index (χ1) is 5.74. The number of hydrogen-bond acceptors (Lipinski definition) is 3. The number of rotatable bonds is 3. The van der Waals surface area contributed by atoms with Gasteiger partial charge in [0.1, 0.15) is 0 Å². The van der Waals surface area contributed by atoms with Gasteiger partial charge in [-0.25, -0.2) is 4.79 Å². The molecule has 0 aromatic rings. The number of nitrogens with zero attached hydrogens (tertiary/aromatic N) is 1. The number of carbonyl (C=O) groups excluding carboxylic acids is 2. The first-order valence-electron chi connectivity index (χ1n) is 3.88. The van der Waals surface area contributed by atoms with Crippen molar-refractivity contribution in [2.24, 2.45) is 0 Å². The first-order valence-corrected chi connectivity index (χ1v) is 3.88. The number of carbonyl (C=O) groups is 2. The molecule has 0 saturated carbocycles. The van der Waals surface area contributed by atoms with Crippen LogP contribution in [-0.2, 0) is 14.3 Å². The molecule has 1 aliphatic rings. The minimum Gasteiger partial charge on any atom is -0.463 e. The Morgan fingerprint density at radius 2 is 2.50 bits per heavy atom. The first kappa shape index (κ1) is 8.77. The Kier molecular flexibility index (Phi) is 2.85. The lowest BCUT2D eigenvalue weighted by Gasteiger charge is -2.26. The molecular formula is C8H11NO3. The predicted octanol–water partition coefficient (Wildman–Crippen LogP) is 0.296. The summed E-state index contributed by atoms with van der Waals surface area (Å²) in [5.74, 6) is -0.354. The third kappa shape index (κ3) is 2.08. The summed E-state index contributed by atoms with van der Waals surface area (Å²) in [5.41, 5.74) is 0. The summed E-state index contributed by atoms with van der Waals surface area (Å²) in [6, 6.07) is 0. The van der Waals surface area contributed by atoms with Crippen LogP contribution < -0.4 is 0 Å². The van der Waals surface area contributed by atoms with Crippen LogP contribution in [-0.4, -0.2) is 29.9 Å². The maximum Gasteiger partial charge on any atom is 0.332 e. The fourth-order valence-corrected chi connectivity index (χ4v) is 0.831. The van der Waals surface area contributed by atoms with E-state index in [0.29, 0.717) is 19.6 Å². The second kappa shape index (κ2) is 3.90. The van der Waals surface area contributed by atoms with Gasteiger partial charge in [0.25, 0.3) is 0 Å². The SMILES string of the molecule is CCOC(=O)C=CN1CCC1=O. The molecule has 1 heterocycles. The van der Waals surface area contributed by atoms with E-state index in [1.165, 1.54) is 17.2 Å².